The van der Waals surface area contributed by atoms with Crippen LogP contribution >= 0.6 is 23.2 Å². The zero-order chi connectivity index (χ0) is 38.0. The Labute approximate surface area is 311 Å². The smallest absolute Gasteiger partial charge is 0.387 e. The fraction of sp³-hybridized carbons (Fsp3) is 0.294. The number of benzene rings is 2. The maximum atomic E-state index is 13.5. The van der Waals surface area contributed by atoms with Crippen LogP contribution in [-0.4, -0.2) is 67.1 Å². The van der Waals surface area contributed by atoms with Gasteiger partial charge in [-0.05, 0) is 54.7 Å². The lowest BCUT2D eigenvalue weighted by Gasteiger charge is -2.22. The quantitative estimate of drug-likeness (QED) is 0.0694. The molecule has 0 radical (unpaired) electrons. The van der Waals surface area contributed by atoms with Crippen LogP contribution in [0.15, 0.2) is 67.4 Å². The van der Waals surface area contributed by atoms with E-state index in [1.165, 1.54) is 55.0 Å². The summed E-state index contributed by atoms with van der Waals surface area (Å²) in [6.07, 6.45) is 7.59. The van der Waals surface area contributed by atoms with Gasteiger partial charge in [-0.15, -0.1) is 0 Å². The van der Waals surface area contributed by atoms with Gasteiger partial charge in [-0.2, -0.15) is 13.5 Å². The van der Waals surface area contributed by atoms with E-state index in [0.717, 1.165) is 35.8 Å². The van der Waals surface area contributed by atoms with Gasteiger partial charge in [-0.3, -0.25) is 33.6 Å². The molecule has 2 aromatic carbocycles. The molecular weight excluding hydrogens is 763 g/mol. The molecule has 4 aromatic rings. The topological polar surface area (TPSA) is 172 Å². The second kappa shape index (κ2) is 15.5. The number of halogens is 4. The van der Waals surface area contributed by atoms with Crippen LogP contribution in [-0.2, 0) is 32.5 Å². The van der Waals surface area contributed by atoms with E-state index in [-0.39, 0.29) is 75.0 Å². The number of sulfonamides is 1. The largest absolute Gasteiger partial charge is 0.619 e. The summed E-state index contributed by atoms with van der Waals surface area (Å²) in [4.78, 5) is 49.1. The van der Waals surface area contributed by atoms with E-state index < -0.39 is 47.1 Å². The molecule has 1 fully saturated rings. The molecule has 1 atom stereocenters. The molecule has 3 heterocycles. The van der Waals surface area contributed by atoms with Crippen molar-refractivity contribution < 1.29 is 50.5 Å². The first-order chi connectivity index (χ1) is 25.2. The van der Waals surface area contributed by atoms with Gasteiger partial charge in [0.15, 0.2) is 23.9 Å². The van der Waals surface area contributed by atoms with Crippen molar-refractivity contribution in [3.05, 3.63) is 111 Å². The van der Waals surface area contributed by atoms with E-state index in [0.29, 0.717) is 15.3 Å². The van der Waals surface area contributed by atoms with Crippen molar-refractivity contribution in [1.29, 1.82) is 0 Å². The third kappa shape index (κ3) is 8.92. The summed E-state index contributed by atoms with van der Waals surface area (Å²) < 4.78 is 69.5. The maximum absolute atomic E-state index is 13.5. The molecule has 53 heavy (non-hydrogen) atoms. The van der Waals surface area contributed by atoms with Crippen LogP contribution in [0.25, 0.3) is 0 Å². The van der Waals surface area contributed by atoms with Crippen molar-refractivity contribution in [2.24, 2.45) is 5.92 Å². The summed E-state index contributed by atoms with van der Waals surface area (Å²) in [7, 11) is -3.90. The third-order valence-electron chi connectivity index (χ3n) is 8.30. The first kappa shape index (κ1) is 37.6. The summed E-state index contributed by atoms with van der Waals surface area (Å²) in [6, 6.07) is 7.79. The van der Waals surface area contributed by atoms with Crippen LogP contribution in [0.1, 0.15) is 56.5 Å². The highest BCUT2D eigenvalue weighted by atomic mass is 35.5. The van der Waals surface area contributed by atoms with Crippen LogP contribution in [0, 0.1) is 11.1 Å². The van der Waals surface area contributed by atoms with Gasteiger partial charge in [0.05, 0.1) is 48.1 Å². The number of hydrogen-bond acceptors (Lipinski definition) is 11. The van der Waals surface area contributed by atoms with Crippen molar-refractivity contribution in [2.45, 2.75) is 38.5 Å². The van der Waals surface area contributed by atoms with Crippen molar-refractivity contribution in [1.82, 2.24) is 14.9 Å². The average molecular weight is 793 g/mol. The van der Waals surface area contributed by atoms with Gasteiger partial charge in [-0.25, -0.2) is 8.42 Å². The summed E-state index contributed by atoms with van der Waals surface area (Å²) in [5.74, 6) is -2.82. The summed E-state index contributed by atoms with van der Waals surface area (Å²) >= 11 is 12.6. The number of fused-ring (bicyclic) bond motifs is 1. The number of esters is 1. The first-order valence-corrected chi connectivity index (χ1v) is 18.5. The summed E-state index contributed by atoms with van der Waals surface area (Å²) in [5, 5.41) is 11.8. The van der Waals surface area contributed by atoms with Gasteiger partial charge < -0.3 is 19.4 Å². The lowest BCUT2D eigenvalue weighted by atomic mass is 10.0. The standard InChI is InChI=1S/C34H29Cl2F2N5O9S/c1-53(48,49)43(14-21-13-39-8-9-40-21)22-5-6-23-24(11-22)33(46)42(32(23)45)17-31(44)51-29(12-25-26(35)15-41(47)16-27(25)36)20-4-7-28(52-34(37)38)30(10-20)50-18-19-2-3-19/h4-11,13,15-16,19,29,34H,2-3,12,14,17-18H2,1H3. The van der Waals surface area contributed by atoms with E-state index in [9.17, 15) is 36.8 Å². The van der Waals surface area contributed by atoms with Crippen molar-refractivity contribution in [3.63, 3.8) is 0 Å². The second-order valence-corrected chi connectivity index (χ2v) is 14.9. The van der Waals surface area contributed by atoms with Crippen LogP contribution < -0.4 is 18.5 Å². The average Bonchev–Trinajstić information content (AvgIpc) is 3.90. The number of alkyl halides is 2. The molecule has 1 aliphatic heterocycles. The number of nitrogens with zero attached hydrogens (tertiary/aromatic N) is 5. The predicted octanol–water partition coefficient (Wildman–Crippen LogP) is 4.90. The molecule has 278 valence electrons. The first-order valence-electron chi connectivity index (χ1n) is 15.9. The van der Waals surface area contributed by atoms with E-state index in [4.69, 9.17) is 32.7 Å². The van der Waals surface area contributed by atoms with Gasteiger partial charge in [0.2, 0.25) is 10.0 Å². The number of rotatable bonds is 15. The Morgan fingerprint density at radius 2 is 1.77 bits per heavy atom. The maximum Gasteiger partial charge on any atom is 0.387 e. The monoisotopic (exact) mass is 791 g/mol. The number of amides is 2. The Balaban J connectivity index is 1.26. The van der Waals surface area contributed by atoms with Crippen molar-refractivity contribution >= 4 is 56.7 Å². The molecule has 0 N–H and O–H groups in total. The zero-order valence-corrected chi connectivity index (χ0v) is 30.0. The Hall–Kier alpha value is -5.13. The highest BCUT2D eigenvalue weighted by Gasteiger charge is 2.39. The molecule has 2 amide bonds. The summed E-state index contributed by atoms with van der Waals surface area (Å²) in [6.45, 7) is -3.99. The highest BCUT2D eigenvalue weighted by Crippen LogP contribution is 2.38. The van der Waals surface area contributed by atoms with E-state index >= 15 is 0 Å². The van der Waals surface area contributed by atoms with E-state index in [1.807, 2.05) is 0 Å². The molecule has 0 saturated heterocycles. The van der Waals surface area contributed by atoms with E-state index in [1.54, 1.807) is 0 Å². The van der Waals surface area contributed by atoms with Crippen molar-refractivity contribution in [3.8, 4) is 11.5 Å². The van der Waals surface area contributed by atoms with E-state index in [2.05, 4.69) is 14.7 Å². The third-order valence-corrected chi connectivity index (χ3v) is 10.1. The SMILES string of the molecule is CS(=O)(=O)N(Cc1cnccn1)c1ccc2c(c1)C(=O)N(CC(=O)OC(Cc1c(Cl)c[n+]([O-])cc1Cl)c1ccc(OC(F)F)c(OCC3CC3)c1)C2=O. The minimum Gasteiger partial charge on any atom is -0.619 e. The molecule has 1 unspecified atom stereocenters. The minimum atomic E-state index is -3.90. The normalized spacial score (nSPS) is 14.6. The van der Waals surface area contributed by atoms with Crippen LogP contribution in [0.5, 0.6) is 11.5 Å². The van der Waals surface area contributed by atoms with Gasteiger partial charge >= 0.3 is 12.6 Å². The predicted molar refractivity (Wildman–Crippen MR) is 184 cm³/mol. The highest BCUT2D eigenvalue weighted by molar-refractivity contribution is 7.92. The minimum absolute atomic E-state index is 0.0444. The number of hydrogen-bond donors (Lipinski definition) is 0. The number of imide groups is 1. The molecule has 2 aromatic heterocycles. The number of carbonyl (C=O) groups excluding carboxylic acids is 3. The van der Waals surface area contributed by atoms with Crippen LogP contribution in [0.2, 0.25) is 10.0 Å². The fourth-order valence-corrected chi connectivity index (χ4v) is 6.98. The van der Waals surface area contributed by atoms with Gasteiger partial charge in [0, 0.05) is 24.4 Å². The zero-order valence-electron chi connectivity index (χ0n) is 27.7. The van der Waals surface area contributed by atoms with Gasteiger partial charge in [0.1, 0.15) is 22.7 Å². The second-order valence-electron chi connectivity index (χ2n) is 12.2. The number of pyridine rings is 1. The molecule has 6 rings (SSSR count). The Kier molecular flexibility index (Phi) is 11.0. The molecule has 14 nitrogen and oxygen atoms in total. The van der Waals surface area contributed by atoms with Gasteiger partial charge in [-0.1, -0.05) is 29.3 Å². The lowest BCUT2D eigenvalue weighted by Crippen LogP contribution is -2.36. The molecule has 0 bridgehead atoms. The molecule has 1 saturated carbocycles. The molecule has 2 aliphatic rings. The molecular formula is C34H29Cl2F2N5O9S. The van der Waals surface area contributed by atoms with Crippen molar-refractivity contribution in [2.75, 3.05) is 23.7 Å². The Morgan fingerprint density at radius 3 is 2.42 bits per heavy atom. The molecule has 0 spiro atoms. The molecule has 1 aliphatic carbocycles. The van der Waals surface area contributed by atoms with Crippen LogP contribution in [0.4, 0.5) is 14.5 Å². The van der Waals surface area contributed by atoms with Crippen LogP contribution in [0.3, 0.4) is 0 Å². The summed E-state index contributed by atoms with van der Waals surface area (Å²) in [5.41, 5.74) is 0.604. The fourth-order valence-electron chi connectivity index (χ4n) is 5.52. The Bertz CT molecular complexity index is 2160. The number of anilines is 1. The Morgan fingerprint density at radius 1 is 1.06 bits per heavy atom. The number of carbonyl (C=O) groups is 3. The van der Waals surface area contributed by atoms with Gasteiger partial charge in [0.25, 0.3) is 11.8 Å². The lowest BCUT2D eigenvalue weighted by molar-refractivity contribution is -0.605. The number of ether oxygens (including phenoxy) is 3. The molecule has 19 heteroatoms. The number of aromatic nitrogens is 3.